The molecule has 2 aromatic heterocycles. The molecule has 5 heteroatoms. The second kappa shape index (κ2) is 8.49. The SMILES string of the molecule is CCCCC[C@H]1[C@H]2CC[C@H](C2)[C@@H]1NC(=O)c1ccc(Sc2cccs2)s1. The van der Waals surface area contributed by atoms with Gasteiger partial charge in [0.2, 0.25) is 0 Å². The fourth-order valence-corrected chi connectivity index (χ4v) is 7.88. The predicted molar refractivity (Wildman–Crippen MR) is 112 cm³/mol. The topological polar surface area (TPSA) is 29.1 Å². The van der Waals surface area contributed by atoms with E-state index in [-0.39, 0.29) is 5.91 Å². The first kappa shape index (κ1) is 18.6. The molecule has 2 heterocycles. The van der Waals surface area contributed by atoms with Gasteiger partial charge < -0.3 is 5.32 Å². The number of fused-ring (bicyclic) bond motifs is 2. The maximum absolute atomic E-state index is 12.9. The summed E-state index contributed by atoms with van der Waals surface area (Å²) in [5.74, 6) is 2.43. The van der Waals surface area contributed by atoms with Gasteiger partial charge in [-0.25, -0.2) is 0 Å². The Bertz CT molecular complexity index is 723. The Morgan fingerprint density at radius 3 is 2.88 bits per heavy atom. The van der Waals surface area contributed by atoms with Crippen molar-refractivity contribution in [3.05, 3.63) is 34.5 Å². The Balaban J connectivity index is 1.38. The second-order valence-corrected chi connectivity index (χ2v) is 11.3. The fraction of sp³-hybridized carbons (Fsp3) is 0.571. The van der Waals surface area contributed by atoms with E-state index in [1.807, 2.05) is 6.07 Å². The third kappa shape index (κ3) is 4.05. The van der Waals surface area contributed by atoms with Gasteiger partial charge in [0.1, 0.15) is 0 Å². The third-order valence-corrected chi connectivity index (χ3v) is 9.28. The Labute approximate surface area is 168 Å². The van der Waals surface area contributed by atoms with Crippen molar-refractivity contribution in [2.45, 2.75) is 66.3 Å². The Morgan fingerprint density at radius 2 is 2.08 bits per heavy atom. The zero-order valence-corrected chi connectivity index (χ0v) is 17.7. The summed E-state index contributed by atoms with van der Waals surface area (Å²) in [7, 11) is 0. The van der Waals surface area contributed by atoms with Gasteiger partial charge in [-0.1, -0.05) is 44.0 Å². The van der Waals surface area contributed by atoms with Crippen LogP contribution < -0.4 is 5.32 Å². The minimum atomic E-state index is 0.145. The van der Waals surface area contributed by atoms with Gasteiger partial charge in [-0.15, -0.1) is 22.7 Å². The Kier molecular flexibility index (Phi) is 6.07. The molecule has 26 heavy (non-hydrogen) atoms. The summed E-state index contributed by atoms with van der Waals surface area (Å²) < 4.78 is 2.48. The van der Waals surface area contributed by atoms with Gasteiger partial charge in [-0.3, -0.25) is 4.79 Å². The summed E-state index contributed by atoms with van der Waals surface area (Å²) in [4.78, 5) is 13.7. The number of rotatable bonds is 8. The molecular formula is C21H27NOS3. The molecule has 0 saturated heterocycles. The van der Waals surface area contributed by atoms with E-state index in [0.29, 0.717) is 12.0 Å². The molecule has 0 aromatic carbocycles. The zero-order valence-electron chi connectivity index (χ0n) is 15.3. The maximum atomic E-state index is 12.9. The van der Waals surface area contributed by atoms with E-state index < -0.39 is 0 Å². The molecule has 0 aliphatic heterocycles. The van der Waals surface area contributed by atoms with Crippen LogP contribution >= 0.6 is 34.4 Å². The van der Waals surface area contributed by atoms with Crippen LogP contribution in [0.3, 0.4) is 0 Å². The van der Waals surface area contributed by atoms with Crippen LogP contribution in [0.25, 0.3) is 0 Å². The van der Waals surface area contributed by atoms with Gasteiger partial charge >= 0.3 is 0 Å². The molecule has 4 atom stereocenters. The lowest BCUT2D eigenvalue weighted by atomic mass is 9.81. The van der Waals surface area contributed by atoms with Crippen molar-refractivity contribution in [3.8, 4) is 0 Å². The number of unbranched alkanes of at least 4 members (excludes halogenated alkanes) is 2. The lowest BCUT2D eigenvalue weighted by Crippen LogP contribution is -2.43. The largest absolute Gasteiger partial charge is 0.348 e. The summed E-state index contributed by atoms with van der Waals surface area (Å²) in [5, 5.41) is 5.54. The van der Waals surface area contributed by atoms with Crippen LogP contribution in [-0.2, 0) is 0 Å². The molecular weight excluding hydrogens is 378 g/mol. The van der Waals surface area contributed by atoms with Gasteiger partial charge in [0, 0.05) is 6.04 Å². The summed E-state index contributed by atoms with van der Waals surface area (Å²) in [6.07, 6.45) is 9.24. The highest BCUT2D eigenvalue weighted by atomic mass is 32.2. The van der Waals surface area contributed by atoms with Crippen LogP contribution in [0.5, 0.6) is 0 Å². The van der Waals surface area contributed by atoms with Crippen LogP contribution in [-0.4, -0.2) is 11.9 Å². The molecule has 2 aromatic rings. The minimum Gasteiger partial charge on any atom is -0.348 e. The van der Waals surface area contributed by atoms with Crippen molar-refractivity contribution in [3.63, 3.8) is 0 Å². The molecule has 0 spiro atoms. The average Bonchev–Trinajstić information content (AvgIpc) is 3.41. The number of hydrogen-bond donors (Lipinski definition) is 1. The smallest absolute Gasteiger partial charge is 0.261 e. The van der Waals surface area contributed by atoms with Crippen molar-refractivity contribution in [2.75, 3.05) is 0 Å². The first-order chi connectivity index (χ1) is 12.7. The molecule has 2 bridgehead atoms. The highest BCUT2D eigenvalue weighted by Gasteiger charge is 2.47. The van der Waals surface area contributed by atoms with E-state index in [4.69, 9.17) is 0 Å². The summed E-state index contributed by atoms with van der Waals surface area (Å²) >= 11 is 5.13. The summed E-state index contributed by atoms with van der Waals surface area (Å²) in [6, 6.07) is 8.69. The third-order valence-electron chi connectivity index (χ3n) is 6.03. The fourth-order valence-electron chi connectivity index (χ4n) is 4.82. The molecule has 0 radical (unpaired) electrons. The molecule has 4 rings (SSSR count). The molecule has 1 amide bonds. The van der Waals surface area contributed by atoms with Gasteiger partial charge in [0.05, 0.1) is 13.3 Å². The van der Waals surface area contributed by atoms with E-state index >= 15 is 0 Å². The number of amides is 1. The van der Waals surface area contributed by atoms with Crippen molar-refractivity contribution >= 4 is 40.3 Å². The molecule has 2 aliphatic carbocycles. The first-order valence-electron chi connectivity index (χ1n) is 9.86. The monoisotopic (exact) mass is 405 g/mol. The normalized spacial score (nSPS) is 27.1. The molecule has 2 nitrogen and oxygen atoms in total. The maximum Gasteiger partial charge on any atom is 0.261 e. The minimum absolute atomic E-state index is 0.145. The van der Waals surface area contributed by atoms with Crippen LogP contribution in [0.4, 0.5) is 0 Å². The molecule has 2 aliphatic rings. The second-order valence-electron chi connectivity index (χ2n) is 7.64. The average molecular weight is 406 g/mol. The highest BCUT2D eigenvalue weighted by molar-refractivity contribution is 8.02. The number of hydrogen-bond acceptors (Lipinski definition) is 4. The Morgan fingerprint density at radius 1 is 1.19 bits per heavy atom. The van der Waals surface area contributed by atoms with Crippen LogP contribution in [0.15, 0.2) is 38.1 Å². The number of carbonyl (C=O) groups excluding carboxylic acids is 1. The highest BCUT2D eigenvalue weighted by Crippen LogP contribution is 2.50. The van der Waals surface area contributed by atoms with E-state index in [0.717, 1.165) is 16.7 Å². The molecule has 2 saturated carbocycles. The van der Waals surface area contributed by atoms with Gasteiger partial charge in [0.15, 0.2) is 0 Å². The first-order valence-corrected chi connectivity index (χ1v) is 12.4. The zero-order chi connectivity index (χ0) is 17.9. The van der Waals surface area contributed by atoms with E-state index in [1.54, 1.807) is 34.4 Å². The van der Waals surface area contributed by atoms with E-state index in [1.165, 1.54) is 53.4 Å². The Hall–Kier alpha value is -0.780. The number of nitrogens with one attached hydrogen (secondary N) is 1. The molecule has 140 valence electrons. The van der Waals surface area contributed by atoms with Gasteiger partial charge in [-0.2, -0.15) is 0 Å². The summed E-state index contributed by atoms with van der Waals surface area (Å²) in [5.41, 5.74) is 0. The van der Waals surface area contributed by atoms with Crippen LogP contribution in [0.2, 0.25) is 0 Å². The predicted octanol–water partition coefficient (Wildman–Crippen LogP) is 6.69. The van der Waals surface area contributed by atoms with E-state index in [9.17, 15) is 4.79 Å². The summed E-state index contributed by atoms with van der Waals surface area (Å²) in [6.45, 7) is 2.27. The van der Waals surface area contributed by atoms with Gasteiger partial charge in [0.25, 0.3) is 5.91 Å². The van der Waals surface area contributed by atoms with Crippen molar-refractivity contribution < 1.29 is 4.79 Å². The van der Waals surface area contributed by atoms with Gasteiger partial charge in [-0.05, 0) is 67.0 Å². The standard InChI is InChI=1S/C21H27NOS3/c1-2-3-4-6-16-14-8-9-15(13-14)20(16)22-21(23)17-10-11-19(25-17)26-18-7-5-12-24-18/h5,7,10-12,14-16,20H,2-4,6,8-9,13H2,1H3,(H,22,23)/t14-,15+,16-,20-/m0/s1. The van der Waals surface area contributed by atoms with Crippen molar-refractivity contribution in [2.24, 2.45) is 17.8 Å². The van der Waals surface area contributed by atoms with Crippen molar-refractivity contribution in [1.29, 1.82) is 0 Å². The van der Waals surface area contributed by atoms with E-state index in [2.05, 4.69) is 35.8 Å². The number of thiophene rings is 2. The number of carbonyl (C=O) groups is 1. The van der Waals surface area contributed by atoms with Crippen LogP contribution in [0.1, 0.15) is 61.5 Å². The van der Waals surface area contributed by atoms with Crippen molar-refractivity contribution in [1.82, 2.24) is 5.32 Å². The lowest BCUT2D eigenvalue weighted by molar-refractivity contribution is 0.0900. The quantitative estimate of drug-likeness (QED) is 0.496. The van der Waals surface area contributed by atoms with Crippen LogP contribution in [0, 0.1) is 17.8 Å². The molecule has 2 fully saturated rings. The molecule has 0 unspecified atom stereocenters. The molecule has 1 N–H and O–H groups in total. The lowest BCUT2D eigenvalue weighted by Gasteiger charge is -2.31.